The molecule has 18 heavy (non-hydrogen) atoms. The summed E-state index contributed by atoms with van der Waals surface area (Å²) in [6.45, 7) is 3.89. The molecule has 0 radical (unpaired) electrons. The van der Waals surface area contributed by atoms with Crippen LogP contribution in [0.2, 0.25) is 0 Å². The molecule has 0 aromatic heterocycles. The minimum absolute atomic E-state index is 0.194. The predicted molar refractivity (Wildman–Crippen MR) is 68.0 cm³/mol. The summed E-state index contributed by atoms with van der Waals surface area (Å²) in [5.41, 5.74) is 2.24. The number of carboxylic acids is 1. The van der Waals surface area contributed by atoms with Gasteiger partial charge < -0.3 is 15.2 Å². The van der Waals surface area contributed by atoms with Crippen LogP contribution in [0.15, 0.2) is 12.1 Å². The highest BCUT2D eigenvalue weighted by atomic mass is 16.5. The molecule has 0 heterocycles. The summed E-state index contributed by atoms with van der Waals surface area (Å²) in [5.74, 6) is -1.19. The third-order valence-electron chi connectivity index (χ3n) is 2.61. The third-order valence-corrected chi connectivity index (χ3v) is 2.61. The van der Waals surface area contributed by atoms with E-state index >= 15 is 0 Å². The summed E-state index contributed by atoms with van der Waals surface area (Å²) in [6, 6.07) is 3.23. The zero-order valence-corrected chi connectivity index (χ0v) is 10.7. The number of hydrogen-bond donors (Lipinski definition) is 2. The summed E-state index contributed by atoms with van der Waals surface area (Å²) in [5, 5.41) is 11.7. The molecule has 0 bridgehead atoms. The molecule has 0 atom stereocenters. The maximum absolute atomic E-state index is 11.6. The Kier molecular flexibility index (Phi) is 4.85. The highest BCUT2D eigenvalue weighted by molar-refractivity contribution is 5.95. The summed E-state index contributed by atoms with van der Waals surface area (Å²) >= 11 is 0. The van der Waals surface area contributed by atoms with Gasteiger partial charge in [0.05, 0.1) is 18.6 Å². The number of aryl methyl sites for hydroxylation is 2. The molecular weight excluding hydrogens is 234 g/mol. The monoisotopic (exact) mass is 251 g/mol. The van der Waals surface area contributed by atoms with E-state index in [2.05, 4.69) is 5.32 Å². The van der Waals surface area contributed by atoms with Crippen LogP contribution in [-0.4, -0.2) is 30.7 Å². The van der Waals surface area contributed by atoms with E-state index in [1.54, 1.807) is 13.0 Å². The molecule has 2 N–H and O–H groups in total. The van der Waals surface area contributed by atoms with E-state index < -0.39 is 5.97 Å². The van der Waals surface area contributed by atoms with Gasteiger partial charge in [0, 0.05) is 12.8 Å². The highest BCUT2D eigenvalue weighted by Crippen LogP contribution is 2.21. The van der Waals surface area contributed by atoms with Crippen molar-refractivity contribution in [1.82, 2.24) is 0 Å². The molecule has 0 aliphatic rings. The minimum Gasteiger partial charge on any atom is -0.478 e. The number of anilines is 1. The zero-order valence-electron chi connectivity index (χ0n) is 10.7. The Labute approximate surface area is 106 Å². The van der Waals surface area contributed by atoms with Crippen LogP contribution in [0.3, 0.4) is 0 Å². The van der Waals surface area contributed by atoms with Gasteiger partial charge in [-0.05, 0) is 31.0 Å². The Bertz CT molecular complexity index is 468. The van der Waals surface area contributed by atoms with Crippen LogP contribution in [0.25, 0.3) is 0 Å². The van der Waals surface area contributed by atoms with E-state index in [1.807, 2.05) is 6.92 Å². The molecule has 0 unspecified atom stereocenters. The van der Waals surface area contributed by atoms with Crippen LogP contribution in [0.4, 0.5) is 5.69 Å². The van der Waals surface area contributed by atoms with Gasteiger partial charge in [0.15, 0.2) is 0 Å². The van der Waals surface area contributed by atoms with Crippen molar-refractivity contribution in [3.63, 3.8) is 0 Å². The molecule has 1 amide bonds. The maximum atomic E-state index is 11.6. The summed E-state index contributed by atoms with van der Waals surface area (Å²) < 4.78 is 4.81. The van der Waals surface area contributed by atoms with E-state index in [9.17, 15) is 9.59 Å². The number of carbonyl (C=O) groups excluding carboxylic acids is 1. The number of aromatic carboxylic acids is 1. The Morgan fingerprint density at radius 2 is 1.94 bits per heavy atom. The molecule has 0 fully saturated rings. The number of amides is 1. The SMILES string of the molecule is COCCC(=O)Nc1cc(C(=O)O)c(C)cc1C. The Morgan fingerprint density at radius 3 is 2.50 bits per heavy atom. The Morgan fingerprint density at radius 1 is 1.28 bits per heavy atom. The maximum Gasteiger partial charge on any atom is 0.336 e. The molecule has 0 spiro atoms. The van der Waals surface area contributed by atoms with Gasteiger partial charge in [0.1, 0.15) is 0 Å². The van der Waals surface area contributed by atoms with E-state index in [1.165, 1.54) is 13.2 Å². The van der Waals surface area contributed by atoms with Gasteiger partial charge in [0.25, 0.3) is 0 Å². The fourth-order valence-corrected chi connectivity index (χ4v) is 1.62. The van der Waals surface area contributed by atoms with Crippen molar-refractivity contribution in [1.29, 1.82) is 0 Å². The molecule has 5 heteroatoms. The van der Waals surface area contributed by atoms with Gasteiger partial charge in [-0.2, -0.15) is 0 Å². The van der Waals surface area contributed by atoms with Crippen LogP contribution < -0.4 is 5.32 Å². The van der Waals surface area contributed by atoms with Crippen LogP contribution in [0.5, 0.6) is 0 Å². The largest absolute Gasteiger partial charge is 0.478 e. The lowest BCUT2D eigenvalue weighted by molar-refractivity contribution is -0.117. The van der Waals surface area contributed by atoms with E-state index in [0.29, 0.717) is 17.9 Å². The number of carbonyl (C=O) groups is 2. The van der Waals surface area contributed by atoms with E-state index in [4.69, 9.17) is 9.84 Å². The molecular formula is C13H17NO4. The molecule has 98 valence electrons. The average molecular weight is 251 g/mol. The first kappa shape index (κ1) is 14.2. The second-order valence-corrected chi connectivity index (χ2v) is 4.08. The molecule has 1 aromatic rings. The third kappa shape index (κ3) is 3.56. The summed E-state index contributed by atoms with van der Waals surface area (Å²) in [4.78, 5) is 22.6. The summed E-state index contributed by atoms with van der Waals surface area (Å²) in [7, 11) is 1.52. The van der Waals surface area contributed by atoms with Crippen molar-refractivity contribution in [2.75, 3.05) is 19.0 Å². The van der Waals surface area contributed by atoms with Crippen molar-refractivity contribution in [3.8, 4) is 0 Å². The normalized spacial score (nSPS) is 10.2. The topological polar surface area (TPSA) is 75.6 Å². The number of benzene rings is 1. The fraction of sp³-hybridized carbons (Fsp3) is 0.385. The van der Waals surface area contributed by atoms with E-state index in [0.717, 1.165) is 5.56 Å². The smallest absolute Gasteiger partial charge is 0.336 e. The van der Waals surface area contributed by atoms with Gasteiger partial charge in [-0.25, -0.2) is 4.79 Å². The van der Waals surface area contributed by atoms with Crippen LogP contribution in [-0.2, 0) is 9.53 Å². The van der Waals surface area contributed by atoms with Crippen LogP contribution in [0, 0.1) is 13.8 Å². The molecule has 0 saturated carbocycles. The number of carboxylic acid groups (broad SMARTS) is 1. The lowest BCUT2D eigenvalue weighted by Gasteiger charge is -2.11. The quantitative estimate of drug-likeness (QED) is 0.839. The lowest BCUT2D eigenvalue weighted by atomic mass is 10.0. The van der Waals surface area contributed by atoms with Crippen molar-refractivity contribution >= 4 is 17.6 Å². The van der Waals surface area contributed by atoms with Crippen molar-refractivity contribution in [3.05, 3.63) is 28.8 Å². The molecule has 0 aliphatic carbocycles. The minimum atomic E-state index is -1.00. The Balaban J connectivity index is 2.92. The lowest BCUT2D eigenvalue weighted by Crippen LogP contribution is -2.15. The highest BCUT2D eigenvalue weighted by Gasteiger charge is 2.12. The van der Waals surface area contributed by atoms with Crippen molar-refractivity contribution in [2.24, 2.45) is 0 Å². The van der Waals surface area contributed by atoms with Crippen molar-refractivity contribution in [2.45, 2.75) is 20.3 Å². The predicted octanol–water partition coefficient (Wildman–Crippen LogP) is 1.98. The molecule has 0 saturated heterocycles. The van der Waals surface area contributed by atoms with Gasteiger partial charge in [-0.1, -0.05) is 6.07 Å². The first-order valence-electron chi connectivity index (χ1n) is 5.59. The zero-order chi connectivity index (χ0) is 13.7. The first-order valence-corrected chi connectivity index (χ1v) is 5.59. The number of hydrogen-bond acceptors (Lipinski definition) is 3. The van der Waals surface area contributed by atoms with Gasteiger partial charge in [-0.3, -0.25) is 4.79 Å². The Hall–Kier alpha value is -1.88. The fourth-order valence-electron chi connectivity index (χ4n) is 1.62. The van der Waals surface area contributed by atoms with Crippen molar-refractivity contribution < 1.29 is 19.4 Å². The first-order chi connectivity index (χ1) is 8.45. The van der Waals surface area contributed by atoms with Gasteiger partial charge in [-0.15, -0.1) is 0 Å². The molecule has 1 rings (SSSR count). The summed E-state index contributed by atoms with van der Waals surface area (Å²) in [6.07, 6.45) is 0.242. The van der Waals surface area contributed by atoms with Gasteiger partial charge >= 0.3 is 5.97 Å². The number of rotatable bonds is 5. The van der Waals surface area contributed by atoms with Crippen LogP contribution in [0.1, 0.15) is 27.9 Å². The second-order valence-electron chi connectivity index (χ2n) is 4.08. The number of methoxy groups -OCH3 is 1. The second kappa shape index (κ2) is 6.16. The number of ether oxygens (including phenoxy) is 1. The van der Waals surface area contributed by atoms with E-state index in [-0.39, 0.29) is 17.9 Å². The van der Waals surface area contributed by atoms with Crippen LogP contribution >= 0.6 is 0 Å². The molecule has 0 aliphatic heterocycles. The standard InChI is InChI=1S/C13H17NO4/c1-8-6-9(2)11(7-10(8)13(16)17)14-12(15)4-5-18-3/h6-7H,4-5H2,1-3H3,(H,14,15)(H,16,17). The average Bonchev–Trinajstić information content (AvgIpc) is 2.29. The number of nitrogens with one attached hydrogen (secondary N) is 1. The molecule has 1 aromatic carbocycles. The van der Waals surface area contributed by atoms with Gasteiger partial charge in [0.2, 0.25) is 5.91 Å². The molecule has 5 nitrogen and oxygen atoms in total.